The molecule has 7 nitrogen and oxygen atoms in total. The highest BCUT2D eigenvalue weighted by atomic mass is 19.1. The minimum atomic E-state index is -0.852. The van der Waals surface area contributed by atoms with Crippen molar-refractivity contribution in [2.45, 2.75) is 44.6 Å². The standard InChI is InChI=1S/C36H36F4N4O3/c1-36(2,3)24-6-10-28(11-7-24)47-21-34(46)44-13-12-41-20-32(44)35-30(40)18-42-19-31(35)43-33(45)17-29(22-4-8-25(37)9-5-22)23-14-26(38)16-27(39)15-23/h4-11,14-16,18-19,29,32,41H,12-13,17,20-21H2,1-3H3,(H,43,45)/t29-,32+/m0/s1. The van der Waals surface area contributed by atoms with E-state index in [2.05, 4.69) is 36.4 Å². The van der Waals surface area contributed by atoms with Crippen molar-refractivity contribution in [2.24, 2.45) is 0 Å². The molecular weight excluding hydrogens is 612 g/mol. The largest absolute Gasteiger partial charge is 0.484 e. The van der Waals surface area contributed by atoms with Crippen LogP contribution in [0.2, 0.25) is 0 Å². The van der Waals surface area contributed by atoms with Crippen LogP contribution in [0.15, 0.2) is 79.1 Å². The van der Waals surface area contributed by atoms with Crippen molar-refractivity contribution < 1.29 is 31.9 Å². The summed E-state index contributed by atoms with van der Waals surface area (Å²) >= 11 is 0. The number of anilines is 1. The first kappa shape index (κ1) is 33.6. The average Bonchev–Trinajstić information content (AvgIpc) is 3.02. The summed E-state index contributed by atoms with van der Waals surface area (Å²) in [6, 6.07) is 14.9. The lowest BCUT2D eigenvalue weighted by molar-refractivity contribution is -0.136. The van der Waals surface area contributed by atoms with Gasteiger partial charge in [0.2, 0.25) is 5.91 Å². The molecule has 1 saturated heterocycles. The first-order valence-corrected chi connectivity index (χ1v) is 15.3. The Balaban J connectivity index is 1.35. The number of carbonyl (C=O) groups is 2. The van der Waals surface area contributed by atoms with Crippen LogP contribution < -0.4 is 15.4 Å². The van der Waals surface area contributed by atoms with Gasteiger partial charge < -0.3 is 20.3 Å². The van der Waals surface area contributed by atoms with Gasteiger partial charge >= 0.3 is 0 Å². The number of aromatic nitrogens is 1. The second-order valence-corrected chi connectivity index (χ2v) is 12.5. The summed E-state index contributed by atoms with van der Waals surface area (Å²) in [4.78, 5) is 32.3. The van der Waals surface area contributed by atoms with Crippen LogP contribution in [-0.4, -0.2) is 47.9 Å². The molecule has 47 heavy (non-hydrogen) atoms. The summed E-state index contributed by atoms with van der Waals surface area (Å²) in [6.07, 6.45) is 1.99. The predicted molar refractivity (Wildman–Crippen MR) is 170 cm³/mol. The fourth-order valence-corrected chi connectivity index (χ4v) is 5.71. The highest BCUT2D eigenvalue weighted by Gasteiger charge is 2.33. The first-order valence-electron chi connectivity index (χ1n) is 15.3. The number of halogens is 4. The van der Waals surface area contributed by atoms with Crippen molar-refractivity contribution in [3.63, 3.8) is 0 Å². The number of carbonyl (C=O) groups excluding carboxylic acids is 2. The molecule has 0 unspecified atom stereocenters. The second kappa shape index (κ2) is 14.3. The minimum Gasteiger partial charge on any atom is -0.484 e. The third kappa shape index (κ3) is 8.34. The zero-order valence-electron chi connectivity index (χ0n) is 26.3. The number of ether oxygens (including phenoxy) is 1. The van der Waals surface area contributed by atoms with E-state index in [1.54, 1.807) is 12.1 Å². The Bertz CT molecular complexity index is 1710. The molecule has 0 bridgehead atoms. The molecule has 3 aromatic carbocycles. The van der Waals surface area contributed by atoms with Gasteiger partial charge in [0.15, 0.2) is 6.61 Å². The summed E-state index contributed by atoms with van der Waals surface area (Å²) in [5, 5.41) is 5.87. The van der Waals surface area contributed by atoms with Crippen molar-refractivity contribution in [3.05, 3.63) is 125 Å². The molecule has 2 atom stereocenters. The van der Waals surface area contributed by atoms with E-state index in [-0.39, 0.29) is 54.3 Å². The smallest absolute Gasteiger partial charge is 0.261 e. The van der Waals surface area contributed by atoms with Crippen LogP contribution in [-0.2, 0) is 15.0 Å². The van der Waals surface area contributed by atoms with Crippen LogP contribution in [0.5, 0.6) is 5.75 Å². The molecule has 1 aliphatic heterocycles. The number of hydrogen-bond donors (Lipinski definition) is 2. The van der Waals surface area contributed by atoms with Gasteiger partial charge in [-0.05, 0) is 58.5 Å². The van der Waals surface area contributed by atoms with Crippen LogP contribution >= 0.6 is 0 Å². The quantitative estimate of drug-likeness (QED) is 0.199. The number of piperazine rings is 1. The van der Waals surface area contributed by atoms with Gasteiger partial charge in [-0.1, -0.05) is 45.0 Å². The van der Waals surface area contributed by atoms with Crippen LogP contribution in [0.25, 0.3) is 0 Å². The normalized spacial score (nSPS) is 15.6. The molecule has 0 spiro atoms. The number of amides is 2. The minimum absolute atomic E-state index is 0.0383. The van der Waals surface area contributed by atoms with E-state index in [0.717, 1.165) is 30.0 Å². The van der Waals surface area contributed by atoms with Crippen LogP contribution in [0.3, 0.4) is 0 Å². The highest BCUT2D eigenvalue weighted by molar-refractivity contribution is 5.92. The maximum atomic E-state index is 15.5. The van der Waals surface area contributed by atoms with Crippen molar-refractivity contribution in [1.82, 2.24) is 15.2 Å². The lowest BCUT2D eigenvalue weighted by Gasteiger charge is -2.37. The molecule has 11 heteroatoms. The van der Waals surface area contributed by atoms with E-state index in [9.17, 15) is 22.8 Å². The lowest BCUT2D eigenvalue weighted by Crippen LogP contribution is -2.50. The van der Waals surface area contributed by atoms with Gasteiger partial charge in [-0.3, -0.25) is 14.6 Å². The zero-order valence-corrected chi connectivity index (χ0v) is 26.3. The number of hydrogen-bond acceptors (Lipinski definition) is 5. The van der Waals surface area contributed by atoms with Crippen molar-refractivity contribution in [3.8, 4) is 5.75 Å². The molecular formula is C36H36F4N4O3. The van der Waals surface area contributed by atoms with Crippen molar-refractivity contribution in [2.75, 3.05) is 31.6 Å². The first-order chi connectivity index (χ1) is 22.4. The SMILES string of the molecule is CC(C)(C)c1ccc(OCC(=O)N2CCNC[C@@H]2c2c(F)cncc2NC(=O)C[C@@H](c2ccc(F)cc2)c2cc(F)cc(F)c2)cc1. The molecule has 246 valence electrons. The molecule has 4 aromatic rings. The van der Waals surface area contributed by atoms with E-state index >= 15 is 4.39 Å². The van der Waals surface area contributed by atoms with Crippen LogP contribution in [0, 0.1) is 23.3 Å². The third-order valence-corrected chi connectivity index (χ3v) is 8.14. The Morgan fingerprint density at radius 3 is 2.28 bits per heavy atom. The third-order valence-electron chi connectivity index (χ3n) is 8.14. The molecule has 5 rings (SSSR count). The van der Waals surface area contributed by atoms with Gasteiger partial charge in [0, 0.05) is 43.6 Å². The Labute approximate surface area is 271 Å². The molecule has 2 heterocycles. The lowest BCUT2D eigenvalue weighted by atomic mass is 9.87. The topological polar surface area (TPSA) is 83.6 Å². The fraction of sp³-hybridized carbons (Fsp3) is 0.306. The maximum absolute atomic E-state index is 15.5. The number of benzene rings is 3. The van der Waals surface area contributed by atoms with Gasteiger partial charge in [0.1, 0.15) is 29.0 Å². The van der Waals surface area contributed by atoms with E-state index in [1.165, 1.54) is 35.4 Å². The Morgan fingerprint density at radius 2 is 1.62 bits per heavy atom. The molecule has 1 aromatic heterocycles. The van der Waals surface area contributed by atoms with Crippen molar-refractivity contribution >= 4 is 17.5 Å². The van der Waals surface area contributed by atoms with Crippen LogP contribution in [0.4, 0.5) is 23.2 Å². The number of rotatable bonds is 9. The summed E-state index contributed by atoms with van der Waals surface area (Å²) < 4.78 is 63.3. The summed E-state index contributed by atoms with van der Waals surface area (Å²) in [6.45, 7) is 6.97. The molecule has 1 fully saturated rings. The zero-order chi connectivity index (χ0) is 33.7. The van der Waals surface area contributed by atoms with E-state index < -0.39 is 41.1 Å². The Kier molecular flexibility index (Phi) is 10.2. The summed E-state index contributed by atoms with van der Waals surface area (Å²) in [7, 11) is 0. The van der Waals surface area contributed by atoms with E-state index in [0.29, 0.717) is 17.9 Å². The average molecular weight is 649 g/mol. The van der Waals surface area contributed by atoms with Gasteiger partial charge in [-0.2, -0.15) is 0 Å². The number of nitrogens with zero attached hydrogens (tertiary/aromatic N) is 2. The van der Waals surface area contributed by atoms with Gasteiger partial charge in [0.05, 0.1) is 24.1 Å². The summed E-state index contributed by atoms with van der Waals surface area (Å²) in [5.74, 6) is -4.20. The summed E-state index contributed by atoms with van der Waals surface area (Å²) in [5.41, 5.74) is 1.80. The fourth-order valence-electron chi connectivity index (χ4n) is 5.71. The number of pyridine rings is 1. The van der Waals surface area contributed by atoms with E-state index in [4.69, 9.17) is 4.74 Å². The van der Waals surface area contributed by atoms with Gasteiger partial charge in [-0.25, -0.2) is 17.6 Å². The number of nitrogens with one attached hydrogen (secondary N) is 2. The van der Waals surface area contributed by atoms with Gasteiger partial charge in [0.25, 0.3) is 5.91 Å². The molecule has 0 radical (unpaired) electrons. The Hall–Kier alpha value is -4.77. The van der Waals surface area contributed by atoms with E-state index in [1.807, 2.05) is 12.1 Å². The molecule has 0 saturated carbocycles. The van der Waals surface area contributed by atoms with Gasteiger partial charge in [-0.15, -0.1) is 0 Å². The van der Waals surface area contributed by atoms with Crippen LogP contribution in [0.1, 0.15) is 61.4 Å². The Morgan fingerprint density at radius 1 is 0.936 bits per heavy atom. The molecule has 0 aliphatic carbocycles. The predicted octanol–water partition coefficient (Wildman–Crippen LogP) is 6.65. The monoisotopic (exact) mass is 648 g/mol. The second-order valence-electron chi connectivity index (χ2n) is 12.5. The highest BCUT2D eigenvalue weighted by Crippen LogP contribution is 2.34. The molecule has 2 N–H and O–H groups in total. The molecule has 2 amide bonds. The van der Waals surface area contributed by atoms with Crippen molar-refractivity contribution in [1.29, 1.82) is 0 Å². The maximum Gasteiger partial charge on any atom is 0.261 e. The molecule has 1 aliphatic rings.